The standard InChI is InChI=1S/C31H28/c1-30(2)26-15-14-20-10-4-5-11-21(20)29(26)24-19-28-23(18-27(24)30)22-12-6-7-13-25(22)31(28)16-8-3-9-17-31/h4-7,10-15,18-19H,3,8-9,16-17H2,1-2H3. The summed E-state index contributed by atoms with van der Waals surface area (Å²) in [7, 11) is 0. The van der Waals surface area contributed by atoms with Gasteiger partial charge in [0.05, 0.1) is 0 Å². The highest BCUT2D eigenvalue weighted by atomic mass is 14.5. The van der Waals surface area contributed by atoms with Gasteiger partial charge < -0.3 is 0 Å². The van der Waals surface area contributed by atoms with E-state index in [1.807, 2.05) is 0 Å². The van der Waals surface area contributed by atoms with Gasteiger partial charge in [0.2, 0.25) is 0 Å². The van der Waals surface area contributed by atoms with Crippen LogP contribution in [-0.4, -0.2) is 0 Å². The molecule has 0 heterocycles. The van der Waals surface area contributed by atoms with Crippen LogP contribution in [0.4, 0.5) is 0 Å². The van der Waals surface area contributed by atoms with Crippen molar-refractivity contribution < 1.29 is 0 Å². The smallest absolute Gasteiger partial charge is 0.0215 e. The highest BCUT2D eigenvalue weighted by Crippen LogP contribution is 2.60. The SMILES string of the molecule is CC1(C)c2cc3c(cc2-c2c1ccc1ccccc21)C1(CCCCC1)c1ccccc1-3. The van der Waals surface area contributed by atoms with Gasteiger partial charge in [-0.05, 0) is 80.3 Å². The van der Waals surface area contributed by atoms with Crippen LogP contribution in [0.5, 0.6) is 0 Å². The van der Waals surface area contributed by atoms with Crippen molar-refractivity contribution in [3.63, 3.8) is 0 Å². The van der Waals surface area contributed by atoms with Crippen molar-refractivity contribution in [2.45, 2.75) is 56.8 Å². The van der Waals surface area contributed by atoms with Crippen molar-refractivity contribution in [3.8, 4) is 22.3 Å². The van der Waals surface area contributed by atoms with E-state index in [-0.39, 0.29) is 10.8 Å². The van der Waals surface area contributed by atoms with E-state index in [4.69, 9.17) is 0 Å². The molecule has 0 unspecified atom stereocenters. The van der Waals surface area contributed by atoms with Crippen molar-refractivity contribution in [2.75, 3.05) is 0 Å². The average molecular weight is 401 g/mol. The summed E-state index contributed by atoms with van der Waals surface area (Å²) in [5.74, 6) is 0. The Labute approximate surface area is 184 Å². The number of rotatable bonds is 0. The fraction of sp³-hybridized carbons (Fsp3) is 0.290. The van der Waals surface area contributed by atoms with Crippen LogP contribution in [0.1, 0.15) is 68.2 Å². The summed E-state index contributed by atoms with van der Waals surface area (Å²) in [6.45, 7) is 4.83. The Bertz CT molecular complexity index is 1380. The third-order valence-corrected chi connectivity index (χ3v) is 8.66. The molecular weight excluding hydrogens is 372 g/mol. The Hall–Kier alpha value is -2.86. The van der Waals surface area contributed by atoms with Crippen LogP contribution >= 0.6 is 0 Å². The van der Waals surface area contributed by atoms with Crippen LogP contribution in [-0.2, 0) is 10.8 Å². The molecule has 0 atom stereocenters. The maximum absolute atomic E-state index is 2.62. The molecule has 0 N–H and O–H groups in total. The Balaban J connectivity index is 1.59. The predicted octanol–water partition coefficient (Wildman–Crippen LogP) is 8.38. The fourth-order valence-corrected chi connectivity index (χ4v) is 7.14. The first kappa shape index (κ1) is 17.8. The third kappa shape index (κ3) is 2.11. The monoisotopic (exact) mass is 400 g/mol. The molecule has 0 bridgehead atoms. The Morgan fingerprint density at radius 3 is 2.19 bits per heavy atom. The molecular formula is C31H28. The quantitative estimate of drug-likeness (QED) is 0.278. The van der Waals surface area contributed by atoms with Gasteiger partial charge in [-0.25, -0.2) is 0 Å². The lowest BCUT2D eigenvalue weighted by Gasteiger charge is -2.36. The van der Waals surface area contributed by atoms with E-state index in [1.165, 1.54) is 76.3 Å². The minimum absolute atomic E-state index is 0.0288. The van der Waals surface area contributed by atoms with Gasteiger partial charge >= 0.3 is 0 Å². The summed E-state index contributed by atoms with van der Waals surface area (Å²) in [4.78, 5) is 0. The third-order valence-electron chi connectivity index (χ3n) is 8.66. The summed E-state index contributed by atoms with van der Waals surface area (Å²) >= 11 is 0. The van der Waals surface area contributed by atoms with Gasteiger partial charge in [-0.3, -0.25) is 0 Å². The van der Waals surface area contributed by atoms with E-state index in [2.05, 4.69) is 86.6 Å². The zero-order valence-electron chi connectivity index (χ0n) is 18.5. The zero-order valence-corrected chi connectivity index (χ0v) is 18.5. The molecule has 3 aliphatic rings. The van der Waals surface area contributed by atoms with Crippen molar-refractivity contribution in [3.05, 3.63) is 95.1 Å². The maximum Gasteiger partial charge on any atom is 0.0215 e. The van der Waals surface area contributed by atoms with Gasteiger partial charge in [0.25, 0.3) is 0 Å². The van der Waals surface area contributed by atoms with Gasteiger partial charge in [0, 0.05) is 10.8 Å². The molecule has 1 spiro atoms. The Morgan fingerprint density at radius 1 is 0.581 bits per heavy atom. The lowest BCUT2D eigenvalue weighted by atomic mass is 9.67. The molecule has 0 saturated heterocycles. The second kappa shape index (κ2) is 5.88. The van der Waals surface area contributed by atoms with E-state index in [0.717, 1.165) is 0 Å². The second-order valence-electron chi connectivity index (χ2n) is 10.5. The van der Waals surface area contributed by atoms with Gasteiger partial charge in [-0.2, -0.15) is 0 Å². The lowest BCUT2D eigenvalue weighted by Crippen LogP contribution is -2.28. The van der Waals surface area contributed by atoms with E-state index in [9.17, 15) is 0 Å². The molecule has 0 aliphatic heterocycles. The maximum atomic E-state index is 2.62. The highest BCUT2D eigenvalue weighted by Gasteiger charge is 2.46. The molecule has 1 fully saturated rings. The van der Waals surface area contributed by atoms with Crippen LogP contribution in [0.15, 0.2) is 72.8 Å². The average Bonchev–Trinajstić information content (AvgIpc) is 3.20. The van der Waals surface area contributed by atoms with Crippen molar-refractivity contribution in [2.24, 2.45) is 0 Å². The molecule has 3 aliphatic carbocycles. The largest absolute Gasteiger partial charge is 0.0619 e. The van der Waals surface area contributed by atoms with Crippen LogP contribution in [0.3, 0.4) is 0 Å². The zero-order chi connectivity index (χ0) is 20.8. The van der Waals surface area contributed by atoms with Gasteiger partial charge in [-0.1, -0.05) is 93.8 Å². The van der Waals surface area contributed by atoms with Crippen LogP contribution in [0.2, 0.25) is 0 Å². The summed E-state index contributed by atoms with van der Waals surface area (Å²) in [5, 5.41) is 2.75. The van der Waals surface area contributed by atoms with Crippen LogP contribution in [0, 0.1) is 0 Å². The van der Waals surface area contributed by atoms with E-state index in [0.29, 0.717) is 0 Å². The summed E-state index contributed by atoms with van der Waals surface area (Å²) in [5.41, 5.74) is 12.4. The molecule has 31 heavy (non-hydrogen) atoms. The number of benzene rings is 4. The lowest BCUT2D eigenvalue weighted by molar-refractivity contribution is 0.353. The van der Waals surface area contributed by atoms with E-state index in [1.54, 1.807) is 11.1 Å². The normalized spacial score (nSPS) is 19.2. The first-order chi connectivity index (χ1) is 15.1. The molecule has 7 rings (SSSR count). The van der Waals surface area contributed by atoms with Gasteiger partial charge in [0.1, 0.15) is 0 Å². The van der Waals surface area contributed by atoms with Crippen molar-refractivity contribution in [1.29, 1.82) is 0 Å². The number of hydrogen-bond donors (Lipinski definition) is 0. The number of fused-ring (bicyclic) bond motifs is 10. The molecule has 1 saturated carbocycles. The number of hydrogen-bond acceptors (Lipinski definition) is 0. The molecule has 4 aromatic rings. The van der Waals surface area contributed by atoms with Crippen molar-refractivity contribution >= 4 is 10.8 Å². The minimum Gasteiger partial charge on any atom is -0.0619 e. The first-order valence-electron chi connectivity index (χ1n) is 11.9. The first-order valence-corrected chi connectivity index (χ1v) is 11.9. The summed E-state index contributed by atoms with van der Waals surface area (Å²) < 4.78 is 0. The topological polar surface area (TPSA) is 0 Å². The molecule has 152 valence electrons. The van der Waals surface area contributed by atoms with E-state index < -0.39 is 0 Å². The molecule has 4 aromatic carbocycles. The van der Waals surface area contributed by atoms with Crippen LogP contribution < -0.4 is 0 Å². The van der Waals surface area contributed by atoms with Gasteiger partial charge in [-0.15, -0.1) is 0 Å². The molecule has 0 aromatic heterocycles. The fourth-order valence-electron chi connectivity index (χ4n) is 7.14. The molecule has 0 nitrogen and oxygen atoms in total. The minimum atomic E-state index is 0.0288. The molecule has 0 amide bonds. The Morgan fingerprint density at radius 2 is 1.32 bits per heavy atom. The molecule has 0 radical (unpaired) electrons. The van der Waals surface area contributed by atoms with Crippen LogP contribution in [0.25, 0.3) is 33.0 Å². The van der Waals surface area contributed by atoms with Crippen molar-refractivity contribution in [1.82, 2.24) is 0 Å². The predicted molar refractivity (Wildman–Crippen MR) is 131 cm³/mol. The van der Waals surface area contributed by atoms with Gasteiger partial charge in [0.15, 0.2) is 0 Å². The molecule has 0 heteroatoms. The van der Waals surface area contributed by atoms with E-state index >= 15 is 0 Å². The second-order valence-corrected chi connectivity index (χ2v) is 10.5. The Kier molecular flexibility index (Phi) is 3.38. The summed E-state index contributed by atoms with van der Waals surface area (Å²) in [6, 6.07) is 28.1. The summed E-state index contributed by atoms with van der Waals surface area (Å²) in [6.07, 6.45) is 6.65. The highest BCUT2D eigenvalue weighted by molar-refractivity contribution is 6.03.